The average Bonchev–Trinajstić information content (AvgIpc) is 2.97. The highest BCUT2D eigenvalue weighted by atomic mass is 79.9. The lowest BCUT2D eigenvalue weighted by atomic mass is 10.2. The van der Waals surface area contributed by atoms with Gasteiger partial charge < -0.3 is 14.6 Å². The van der Waals surface area contributed by atoms with Crippen molar-refractivity contribution in [1.29, 1.82) is 0 Å². The molecule has 1 aliphatic rings. The van der Waals surface area contributed by atoms with Crippen LogP contribution in [0.2, 0.25) is 0 Å². The summed E-state index contributed by atoms with van der Waals surface area (Å²) in [5.74, 6) is 2.07. The SMILES string of the molecule is C[C@@H]1CN(c2n[nH]c(-c3ccc(Br)o3)n2)CCN1. The predicted molar refractivity (Wildman–Crippen MR) is 71.5 cm³/mol. The van der Waals surface area contributed by atoms with Gasteiger partial charge in [-0.2, -0.15) is 4.98 Å². The monoisotopic (exact) mass is 311 g/mol. The Kier molecular flexibility index (Phi) is 3.09. The molecule has 96 valence electrons. The largest absolute Gasteiger partial charge is 0.446 e. The van der Waals surface area contributed by atoms with E-state index in [-0.39, 0.29) is 0 Å². The van der Waals surface area contributed by atoms with Crippen LogP contribution in [0.1, 0.15) is 6.92 Å². The van der Waals surface area contributed by atoms with Gasteiger partial charge >= 0.3 is 0 Å². The zero-order valence-electron chi connectivity index (χ0n) is 9.98. The average molecular weight is 312 g/mol. The lowest BCUT2D eigenvalue weighted by molar-refractivity contribution is 0.480. The van der Waals surface area contributed by atoms with Crippen LogP contribution in [0.3, 0.4) is 0 Å². The molecule has 2 aromatic heterocycles. The van der Waals surface area contributed by atoms with E-state index in [1.165, 1.54) is 0 Å². The molecule has 1 atom stereocenters. The van der Waals surface area contributed by atoms with E-state index in [9.17, 15) is 0 Å². The summed E-state index contributed by atoms with van der Waals surface area (Å²) < 4.78 is 6.13. The van der Waals surface area contributed by atoms with E-state index < -0.39 is 0 Å². The number of nitrogens with zero attached hydrogens (tertiary/aromatic N) is 3. The number of nitrogens with one attached hydrogen (secondary N) is 2. The lowest BCUT2D eigenvalue weighted by Crippen LogP contribution is -2.49. The van der Waals surface area contributed by atoms with E-state index >= 15 is 0 Å². The smallest absolute Gasteiger partial charge is 0.245 e. The van der Waals surface area contributed by atoms with Crippen molar-refractivity contribution in [3.63, 3.8) is 0 Å². The van der Waals surface area contributed by atoms with Crippen LogP contribution in [0.4, 0.5) is 5.95 Å². The fourth-order valence-electron chi connectivity index (χ4n) is 2.06. The molecule has 2 N–H and O–H groups in total. The highest BCUT2D eigenvalue weighted by molar-refractivity contribution is 9.10. The molecule has 0 unspecified atom stereocenters. The predicted octanol–water partition coefficient (Wildman–Crippen LogP) is 1.63. The second kappa shape index (κ2) is 4.74. The number of aromatic amines is 1. The van der Waals surface area contributed by atoms with E-state index in [0.29, 0.717) is 22.3 Å². The minimum Gasteiger partial charge on any atom is -0.446 e. The number of halogens is 1. The van der Waals surface area contributed by atoms with Crippen LogP contribution in [0.5, 0.6) is 0 Å². The van der Waals surface area contributed by atoms with Gasteiger partial charge in [0.1, 0.15) is 0 Å². The standard InChI is InChI=1S/C11H14BrN5O/c1-7-6-17(5-4-13-7)11-14-10(15-16-11)8-2-3-9(12)18-8/h2-3,7,13H,4-6H2,1H3,(H,14,15,16)/t7-/m1/s1. The van der Waals surface area contributed by atoms with Crippen LogP contribution in [0.15, 0.2) is 21.2 Å². The fraction of sp³-hybridized carbons (Fsp3) is 0.455. The third-order valence-corrected chi connectivity index (χ3v) is 3.36. The lowest BCUT2D eigenvalue weighted by Gasteiger charge is -2.30. The molecule has 0 saturated carbocycles. The summed E-state index contributed by atoms with van der Waals surface area (Å²) in [6, 6.07) is 4.15. The van der Waals surface area contributed by atoms with E-state index in [2.05, 4.69) is 48.3 Å². The topological polar surface area (TPSA) is 70.0 Å². The molecule has 0 aromatic carbocycles. The van der Waals surface area contributed by atoms with Gasteiger partial charge in [-0.05, 0) is 35.0 Å². The first kappa shape index (κ1) is 11.7. The number of furan rings is 1. The maximum atomic E-state index is 5.44. The third kappa shape index (κ3) is 2.28. The summed E-state index contributed by atoms with van der Waals surface area (Å²) in [5.41, 5.74) is 0. The van der Waals surface area contributed by atoms with Gasteiger partial charge in [0, 0.05) is 25.7 Å². The zero-order chi connectivity index (χ0) is 12.5. The molecule has 6 nitrogen and oxygen atoms in total. The number of aromatic nitrogens is 3. The van der Waals surface area contributed by atoms with E-state index in [1.807, 2.05) is 12.1 Å². The van der Waals surface area contributed by atoms with E-state index in [1.54, 1.807) is 0 Å². The first-order valence-corrected chi connectivity index (χ1v) is 6.68. The van der Waals surface area contributed by atoms with Crippen molar-refractivity contribution in [2.75, 3.05) is 24.5 Å². The summed E-state index contributed by atoms with van der Waals surface area (Å²) in [6.07, 6.45) is 0. The molecule has 18 heavy (non-hydrogen) atoms. The van der Waals surface area contributed by atoms with Crippen LogP contribution in [-0.2, 0) is 0 Å². The Hall–Kier alpha value is -1.34. The fourth-order valence-corrected chi connectivity index (χ4v) is 2.37. The first-order chi connectivity index (χ1) is 8.72. The molecule has 0 spiro atoms. The number of hydrogen-bond donors (Lipinski definition) is 2. The number of anilines is 1. The van der Waals surface area contributed by atoms with Gasteiger partial charge in [0.05, 0.1) is 0 Å². The Morgan fingerprint density at radius 2 is 2.39 bits per heavy atom. The van der Waals surface area contributed by atoms with Crippen molar-refractivity contribution >= 4 is 21.9 Å². The van der Waals surface area contributed by atoms with Gasteiger partial charge in [-0.1, -0.05) is 0 Å². The second-order valence-electron chi connectivity index (χ2n) is 4.39. The summed E-state index contributed by atoms with van der Waals surface area (Å²) >= 11 is 3.27. The quantitative estimate of drug-likeness (QED) is 0.882. The Morgan fingerprint density at radius 1 is 1.50 bits per heavy atom. The molecule has 3 heterocycles. The number of H-pyrrole nitrogens is 1. The van der Waals surface area contributed by atoms with Crippen LogP contribution >= 0.6 is 15.9 Å². The Balaban J connectivity index is 1.80. The summed E-state index contributed by atoms with van der Waals surface area (Å²) in [4.78, 5) is 6.63. The minimum atomic E-state index is 0.457. The van der Waals surface area contributed by atoms with Crippen molar-refractivity contribution in [3.8, 4) is 11.6 Å². The third-order valence-electron chi connectivity index (χ3n) is 2.93. The first-order valence-electron chi connectivity index (χ1n) is 5.89. The van der Waals surface area contributed by atoms with Crippen LogP contribution in [0.25, 0.3) is 11.6 Å². The van der Waals surface area contributed by atoms with Gasteiger partial charge in [-0.15, -0.1) is 5.10 Å². The summed E-state index contributed by atoms with van der Waals surface area (Å²) in [7, 11) is 0. The van der Waals surface area contributed by atoms with Gasteiger partial charge in [0.2, 0.25) is 5.95 Å². The number of hydrogen-bond acceptors (Lipinski definition) is 5. The Morgan fingerprint density at radius 3 is 3.11 bits per heavy atom. The maximum absolute atomic E-state index is 5.44. The molecular formula is C11H14BrN5O. The number of rotatable bonds is 2. The van der Waals surface area contributed by atoms with Gasteiger partial charge in [0.15, 0.2) is 16.3 Å². The summed E-state index contributed by atoms with van der Waals surface area (Å²) in [6.45, 7) is 4.95. The van der Waals surface area contributed by atoms with Crippen LogP contribution in [-0.4, -0.2) is 40.9 Å². The molecular weight excluding hydrogens is 298 g/mol. The molecule has 1 saturated heterocycles. The molecule has 0 amide bonds. The van der Waals surface area contributed by atoms with Gasteiger partial charge in [0.25, 0.3) is 0 Å². The highest BCUT2D eigenvalue weighted by Crippen LogP contribution is 2.23. The van der Waals surface area contributed by atoms with Crippen molar-refractivity contribution < 1.29 is 4.42 Å². The second-order valence-corrected chi connectivity index (χ2v) is 5.17. The molecule has 0 aliphatic carbocycles. The molecule has 3 rings (SSSR count). The highest BCUT2D eigenvalue weighted by Gasteiger charge is 2.20. The van der Waals surface area contributed by atoms with Crippen molar-refractivity contribution in [2.24, 2.45) is 0 Å². The number of piperazine rings is 1. The van der Waals surface area contributed by atoms with Crippen LogP contribution < -0.4 is 10.2 Å². The summed E-state index contributed by atoms with van der Waals surface area (Å²) in [5, 5.41) is 10.5. The molecule has 1 aliphatic heterocycles. The van der Waals surface area contributed by atoms with Gasteiger partial charge in [-0.3, -0.25) is 5.10 Å². The Bertz CT molecular complexity index is 537. The molecule has 0 radical (unpaired) electrons. The molecule has 2 aromatic rings. The molecule has 7 heteroatoms. The normalized spacial score (nSPS) is 20.3. The van der Waals surface area contributed by atoms with Gasteiger partial charge in [-0.25, -0.2) is 0 Å². The maximum Gasteiger partial charge on any atom is 0.245 e. The Labute approximate surface area is 113 Å². The van der Waals surface area contributed by atoms with Crippen molar-refractivity contribution in [2.45, 2.75) is 13.0 Å². The molecule has 1 fully saturated rings. The van der Waals surface area contributed by atoms with Crippen LogP contribution in [0, 0.1) is 0 Å². The van der Waals surface area contributed by atoms with Crippen molar-refractivity contribution in [3.05, 3.63) is 16.8 Å². The minimum absolute atomic E-state index is 0.457. The van der Waals surface area contributed by atoms with E-state index in [0.717, 1.165) is 25.6 Å². The molecule has 0 bridgehead atoms. The van der Waals surface area contributed by atoms with E-state index in [4.69, 9.17) is 4.42 Å². The zero-order valence-corrected chi connectivity index (χ0v) is 11.6. The van der Waals surface area contributed by atoms with Crippen molar-refractivity contribution in [1.82, 2.24) is 20.5 Å².